The van der Waals surface area contributed by atoms with Crippen molar-refractivity contribution in [3.8, 4) is 6.07 Å². The third-order valence-corrected chi connectivity index (χ3v) is 2.91. The molecule has 1 aliphatic carbocycles. The molecule has 1 aromatic rings. The van der Waals surface area contributed by atoms with E-state index in [1.54, 1.807) is 0 Å². The molecule has 2 atom stereocenters. The van der Waals surface area contributed by atoms with E-state index in [2.05, 4.69) is 22.4 Å². The largest absolute Gasteiger partial charge is 0.295 e. The molecule has 0 fully saturated rings. The first kappa shape index (κ1) is 13.7. The van der Waals surface area contributed by atoms with Crippen LogP contribution in [0.4, 0.5) is 0 Å². The first-order valence-corrected chi connectivity index (χ1v) is 6.39. The highest BCUT2D eigenvalue weighted by Gasteiger charge is 2.20. The van der Waals surface area contributed by atoms with Gasteiger partial charge in [0.15, 0.2) is 0 Å². The Morgan fingerprint density at radius 3 is 3.00 bits per heavy atom. The van der Waals surface area contributed by atoms with E-state index in [4.69, 9.17) is 5.26 Å². The molecule has 1 N–H and O–H groups in total. The molecular formula is C14H21N3. The average molecular weight is 231 g/mol. The van der Waals surface area contributed by atoms with Crippen molar-refractivity contribution in [3.05, 3.63) is 29.6 Å². The van der Waals surface area contributed by atoms with E-state index in [0.717, 1.165) is 12.8 Å². The molecule has 3 nitrogen and oxygen atoms in total. The number of hydrogen-bond acceptors (Lipinski definition) is 3. The summed E-state index contributed by atoms with van der Waals surface area (Å²) in [4.78, 5) is 4.16. The van der Waals surface area contributed by atoms with Crippen molar-refractivity contribution < 1.29 is 0 Å². The zero-order valence-corrected chi connectivity index (χ0v) is 10.9. The van der Waals surface area contributed by atoms with Crippen molar-refractivity contribution in [2.45, 2.75) is 52.1 Å². The number of nitrogens with zero attached hydrogens (tertiary/aromatic N) is 2. The summed E-state index contributed by atoms with van der Waals surface area (Å²) in [5.41, 5.74) is 2.64. The highest BCUT2D eigenvalue weighted by atomic mass is 14.9. The van der Waals surface area contributed by atoms with Gasteiger partial charge in [0.05, 0.1) is 12.1 Å². The van der Waals surface area contributed by atoms with Crippen LogP contribution in [0.3, 0.4) is 0 Å². The van der Waals surface area contributed by atoms with Gasteiger partial charge in [0, 0.05) is 18.4 Å². The molecule has 0 radical (unpaired) electrons. The monoisotopic (exact) mass is 231 g/mol. The molecule has 1 heterocycles. The molecule has 0 saturated heterocycles. The van der Waals surface area contributed by atoms with Gasteiger partial charge in [0.1, 0.15) is 0 Å². The topological polar surface area (TPSA) is 48.7 Å². The number of nitrogens with one attached hydrogen (secondary N) is 1. The molecule has 0 aliphatic heterocycles. The van der Waals surface area contributed by atoms with Gasteiger partial charge < -0.3 is 0 Å². The lowest BCUT2D eigenvalue weighted by Gasteiger charge is -2.26. The third-order valence-electron chi connectivity index (χ3n) is 2.91. The minimum absolute atomic E-state index is 0.0962. The van der Waals surface area contributed by atoms with Crippen molar-refractivity contribution in [2.75, 3.05) is 0 Å². The number of hydrogen-bond donors (Lipinski definition) is 1. The maximum Gasteiger partial charge on any atom is 0.0929 e. The molecule has 0 aromatic carbocycles. The number of rotatable bonds is 2. The van der Waals surface area contributed by atoms with E-state index in [1.807, 2.05) is 33.2 Å². The molecule has 17 heavy (non-hydrogen) atoms. The third kappa shape index (κ3) is 3.54. The van der Waals surface area contributed by atoms with Gasteiger partial charge in [-0.2, -0.15) is 5.26 Å². The Morgan fingerprint density at radius 1 is 1.53 bits per heavy atom. The lowest BCUT2D eigenvalue weighted by Crippen LogP contribution is -2.31. The van der Waals surface area contributed by atoms with E-state index in [1.165, 1.54) is 17.5 Å². The number of pyridine rings is 1. The van der Waals surface area contributed by atoms with Gasteiger partial charge in [-0.15, -0.1) is 0 Å². The Bertz CT molecular complexity index is 381. The molecule has 1 aromatic heterocycles. The summed E-state index contributed by atoms with van der Waals surface area (Å²) >= 11 is 0. The van der Waals surface area contributed by atoms with Gasteiger partial charge in [0.25, 0.3) is 0 Å². The molecule has 1 aliphatic rings. The van der Waals surface area contributed by atoms with Crippen LogP contribution in [0.25, 0.3) is 0 Å². The van der Waals surface area contributed by atoms with Gasteiger partial charge in [0.2, 0.25) is 0 Å². The first-order chi connectivity index (χ1) is 8.31. The molecule has 2 unspecified atom stereocenters. The van der Waals surface area contributed by atoms with Crippen molar-refractivity contribution in [3.63, 3.8) is 0 Å². The summed E-state index contributed by atoms with van der Waals surface area (Å²) in [6.07, 6.45) is 7.19. The Labute approximate surface area is 104 Å². The van der Waals surface area contributed by atoms with Crippen LogP contribution in [-0.4, -0.2) is 11.0 Å². The number of fused-ring (bicyclic) bond motifs is 1. The lowest BCUT2D eigenvalue weighted by atomic mass is 9.89. The second-order valence-electron chi connectivity index (χ2n) is 4.04. The normalized spacial score (nSPS) is 19.3. The quantitative estimate of drug-likeness (QED) is 0.851. The number of aryl methyl sites for hydroxylation is 1. The zero-order valence-electron chi connectivity index (χ0n) is 10.9. The number of nitriles is 1. The average Bonchev–Trinajstić information content (AvgIpc) is 2.41. The molecule has 0 saturated carbocycles. The van der Waals surface area contributed by atoms with E-state index < -0.39 is 0 Å². The van der Waals surface area contributed by atoms with Crippen LogP contribution in [-0.2, 0) is 6.42 Å². The Kier molecular flexibility index (Phi) is 5.65. The standard InChI is InChI=1S/C12H15N3.C2H6/c1-9(7-13)15-12-4-2-3-10-5-6-14-8-11(10)12;1-2/h5-6,8-9,12,15H,2-4H2,1H3;1-2H3. The fourth-order valence-electron chi connectivity index (χ4n) is 2.14. The smallest absolute Gasteiger partial charge is 0.0929 e. The van der Waals surface area contributed by atoms with Crippen molar-refractivity contribution in [1.29, 1.82) is 5.26 Å². The van der Waals surface area contributed by atoms with Gasteiger partial charge in [-0.3, -0.25) is 10.3 Å². The zero-order chi connectivity index (χ0) is 12.7. The van der Waals surface area contributed by atoms with Gasteiger partial charge in [-0.25, -0.2) is 0 Å². The predicted octanol–water partition coefficient (Wildman–Crippen LogP) is 2.99. The van der Waals surface area contributed by atoms with Crippen LogP contribution in [0.2, 0.25) is 0 Å². The van der Waals surface area contributed by atoms with E-state index in [0.29, 0.717) is 6.04 Å². The Balaban J connectivity index is 0.000000686. The summed E-state index contributed by atoms with van der Waals surface area (Å²) in [5, 5.41) is 12.1. The molecular weight excluding hydrogens is 210 g/mol. The minimum atomic E-state index is -0.0962. The van der Waals surface area contributed by atoms with Crippen LogP contribution >= 0.6 is 0 Å². The molecule has 0 bridgehead atoms. The first-order valence-electron chi connectivity index (χ1n) is 6.39. The second kappa shape index (κ2) is 7.03. The van der Waals surface area contributed by atoms with Crippen molar-refractivity contribution in [1.82, 2.24) is 10.3 Å². The van der Waals surface area contributed by atoms with Crippen LogP contribution in [0.15, 0.2) is 18.5 Å². The number of aromatic nitrogens is 1. The van der Waals surface area contributed by atoms with Gasteiger partial charge in [-0.1, -0.05) is 13.8 Å². The predicted molar refractivity (Wildman–Crippen MR) is 69.5 cm³/mol. The summed E-state index contributed by atoms with van der Waals surface area (Å²) in [6, 6.07) is 4.50. The lowest BCUT2D eigenvalue weighted by molar-refractivity contribution is 0.442. The van der Waals surface area contributed by atoms with Gasteiger partial charge >= 0.3 is 0 Å². The molecule has 3 heteroatoms. The fraction of sp³-hybridized carbons (Fsp3) is 0.571. The summed E-state index contributed by atoms with van der Waals surface area (Å²) in [5.74, 6) is 0. The molecule has 0 spiro atoms. The highest BCUT2D eigenvalue weighted by molar-refractivity contribution is 5.29. The van der Waals surface area contributed by atoms with Crippen LogP contribution < -0.4 is 5.32 Å². The van der Waals surface area contributed by atoms with E-state index >= 15 is 0 Å². The van der Waals surface area contributed by atoms with Crippen LogP contribution in [0.5, 0.6) is 0 Å². The summed E-state index contributed by atoms with van der Waals surface area (Å²) in [6.45, 7) is 5.89. The van der Waals surface area contributed by atoms with Gasteiger partial charge in [-0.05, 0) is 43.4 Å². The maximum atomic E-state index is 8.79. The highest BCUT2D eigenvalue weighted by Crippen LogP contribution is 2.28. The Hall–Kier alpha value is -1.40. The maximum absolute atomic E-state index is 8.79. The van der Waals surface area contributed by atoms with E-state index in [9.17, 15) is 0 Å². The second-order valence-corrected chi connectivity index (χ2v) is 4.04. The molecule has 0 amide bonds. The van der Waals surface area contributed by atoms with E-state index in [-0.39, 0.29) is 6.04 Å². The fourth-order valence-corrected chi connectivity index (χ4v) is 2.14. The Morgan fingerprint density at radius 2 is 2.29 bits per heavy atom. The van der Waals surface area contributed by atoms with Crippen LogP contribution in [0, 0.1) is 11.3 Å². The minimum Gasteiger partial charge on any atom is -0.295 e. The van der Waals surface area contributed by atoms with Crippen molar-refractivity contribution >= 4 is 0 Å². The summed E-state index contributed by atoms with van der Waals surface area (Å²) in [7, 11) is 0. The molecule has 2 rings (SSSR count). The SMILES string of the molecule is CC.CC(C#N)NC1CCCc2ccncc21. The summed E-state index contributed by atoms with van der Waals surface area (Å²) < 4.78 is 0. The van der Waals surface area contributed by atoms with Crippen molar-refractivity contribution in [2.24, 2.45) is 0 Å². The molecule has 92 valence electrons. The van der Waals surface area contributed by atoms with Crippen LogP contribution in [0.1, 0.15) is 50.8 Å².